The first-order valence-corrected chi connectivity index (χ1v) is 10.7. The van der Waals surface area contributed by atoms with Gasteiger partial charge in [0.2, 0.25) is 5.91 Å². The Morgan fingerprint density at radius 1 is 1.11 bits per heavy atom. The number of rotatable bonds is 6. The van der Waals surface area contributed by atoms with Gasteiger partial charge in [-0.2, -0.15) is 5.10 Å². The number of carbonyl (C=O) groups is 2. The molecule has 0 fully saturated rings. The van der Waals surface area contributed by atoms with Gasteiger partial charge in [-0.1, -0.05) is 11.6 Å². The minimum atomic E-state index is -4.99. The number of anilines is 1. The molecule has 0 saturated heterocycles. The van der Waals surface area contributed by atoms with Gasteiger partial charge >= 0.3 is 6.36 Å². The molecule has 0 aliphatic rings. The minimum Gasteiger partial charge on any atom is -0.406 e. The van der Waals surface area contributed by atoms with Crippen molar-refractivity contribution < 1.29 is 36.3 Å². The van der Waals surface area contributed by atoms with E-state index in [1.807, 2.05) is 0 Å². The van der Waals surface area contributed by atoms with Crippen LogP contribution >= 0.6 is 11.6 Å². The zero-order valence-electron chi connectivity index (χ0n) is 18.7. The maximum absolute atomic E-state index is 15.4. The molecule has 4 rings (SSSR count). The molecule has 0 aliphatic heterocycles. The zero-order valence-corrected chi connectivity index (χ0v) is 19.4. The number of benzene rings is 2. The van der Waals surface area contributed by atoms with E-state index in [4.69, 9.17) is 11.6 Å². The van der Waals surface area contributed by atoms with Gasteiger partial charge in [-0.3, -0.25) is 9.59 Å². The lowest BCUT2D eigenvalue weighted by Crippen LogP contribution is -2.25. The lowest BCUT2D eigenvalue weighted by Gasteiger charge is -2.13. The third kappa shape index (κ3) is 5.94. The Balaban J connectivity index is 1.59. The van der Waals surface area contributed by atoms with E-state index < -0.39 is 41.8 Å². The summed E-state index contributed by atoms with van der Waals surface area (Å²) in [4.78, 5) is 28.1. The van der Waals surface area contributed by atoms with Gasteiger partial charge in [0.1, 0.15) is 17.4 Å². The largest absolute Gasteiger partial charge is 0.573 e. The van der Waals surface area contributed by atoms with Crippen LogP contribution < -0.4 is 15.4 Å². The Hall–Kier alpha value is -4.26. The zero-order chi connectivity index (χ0) is 26.9. The number of carbonyl (C=O) groups excluding carboxylic acids is 2. The molecule has 2 N–H and O–H groups in total. The van der Waals surface area contributed by atoms with Crippen molar-refractivity contribution in [1.82, 2.24) is 19.9 Å². The van der Waals surface area contributed by atoms with Crippen LogP contribution in [0.15, 0.2) is 48.7 Å². The van der Waals surface area contributed by atoms with E-state index in [9.17, 15) is 27.2 Å². The number of halogens is 6. The van der Waals surface area contributed by atoms with Gasteiger partial charge in [0, 0.05) is 24.6 Å². The van der Waals surface area contributed by atoms with Crippen molar-refractivity contribution in [2.24, 2.45) is 0 Å². The standard InChI is InChI=1S/C23H15ClF5N5O3/c1-11(35)31-18-10-34-19(32-18)7-6-17(33-34)14-3-4-15(24)20(21(14)26)22(36)30-9-12-8-13(2-5-16(12)25)37-23(27,28)29/h2-8,10H,9H2,1H3,(H,30,36)(H,31,35). The molecule has 4 aromatic rings. The fourth-order valence-corrected chi connectivity index (χ4v) is 3.60. The van der Waals surface area contributed by atoms with E-state index in [2.05, 4.69) is 25.5 Å². The topological polar surface area (TPSA) is 97.6 Å². The van der Waals surface area contributed by atoms with E-state index in [0.29, 0.717) is 5.65 Å². The van der Waals surface area contributed by atoms with Crippen LogP contribution in [0.25, 0.3) is 16.9 Å². The van der Waals surface area contributed by atoms with Gasteiger partial charge in [0.25, 0.3) is 5.91 Å². The second-order valence-corrected chi connectivity index (χ2v) is 8.00. The summed E-state index contributed by atoms with van der Waals surface area (Å²) < 4.78 is 71.9. The van der Waals surface area contributed by atoms with Crippen LogP contribution in [0.1, 0.15) is 22.8 Å². The van der Waals surface area contributed by atoms with E-state index in [1.54, 1.807) is 0 Å². The van der Waals surface area contributed by atoms with Crippen molar-refractivity contribution in [3.8, 4) is 17.0 Å². The highest BCUT2D eigenvalue weighted by atomic mass is 35.5. The lowest BCUT2D eigenvalue weighted by molar-refractivity contribution is -0.274. The molecule has 0 spiro atoms. The molecule has 8 nitrogen and oxygen atoms in total. The molecule has 0 atom stereocenters. The van der Waals surface area contributed by atoms with Crippen LogP contribution in [0.5, 0.6) is 5.75 Å². The van der Waals surface area contributed by atoms with Gasteiger partial charge in [-0.25, -0.2) is 18.3 Å². The number of hydrogen-bond donors (Lipinski definition) is 2. The number of nitrogens with one attached hydrogen (secondary N) is 2. The molecular formula is C23H15ClF5N5O3. The summed E-state index contributed by atoms with van der Waals surface area (Å²) in [5, 5.41) is 8.72. The lowest BCUT2D eigenvalue weighted by atomic mass is 10.1. The molecule has 14 heteroatoms. The number of nitrogens with zero attached hydrogens (tertiary/aromatic N) is 3. The van der Waals surface area contributed by atoms with E-state index in [-0.39, 0.29) is 33.6 Å². The quantitative estimate of drug-likeness (QED) is 0.332. The third-order valence-corrected chi connectivity index (χ3v) is 5.22. The highest BCUT2D eigenvalue weighted by molar-refractivity contribution is 6.34. The van der Waals surface area contributed by atoms with Crippen molar-refractivity contribution in [3.05, 3.63) is 76.4 Å². The fourth-order valence-electron chi connectivity index (χ4n) is 3.37. The molecule has 0 unspecified atom stereocenters. The number of hydrogen-bond acceptors (Lipinski definition) is 5. The average molecular weight is 540 g/mol. The predicted molar refractivity (Wildman–Crippen MR) is 122 cm³/mol. The van der Waals surface area contributed by atoms with Crippen molar-refractivity contribution >= 4 is 34.9 Å². The molecule has 2 amide bonds. The van der Waals surface area contributed by atoms with Crippen molar-refractivity contribution in [2.45, 2.75) is 19.8 Å². The summed E-state index contributed by atoms with van der Waals surface area (Å²) in [6.07, 6.45) is -3.58. The first-order chi connectivity index (χ1) is 17.4. The summed E-state index contributed by atoms with van der Waals surface area (Å²) in [5.41, 5.74) is -0.541. The molecule has 0 saturated carbocycles. The number of ether oxygens (including phenoxy) is 1. The number of imidazole rings is 1. The molecule has 0 aliphatic carbocycles. The van der Waals surface area contributed by atoms with Crippen molar-refractivity contribution in [3.63, 3.8) is 0 Å². The van der Waals surface area contributed by atoms with Gasteiger partial charge in [0.15, 0.2) is 11.5 Å². The Morgan fingerprint density at radius 2 is 1.86 bits per heavy atom. The van der Waals surface area contributed by atoms with Crippen LogP contribution in [0.3, 0.4) is 0 Å². The summed E-state index contributed by atoms with van der Waals surface area (Å²) in [6.45, 7) is 0.727. The number of alkyl halides is 3. The van der Waals surface area contributed by atoms with Crippen molar-refractivity contribution in [2.75, 3.05) is 5.32 Å². The number of fused-ring (bicyclic) bond motifs is 1. The van der Waals surface area contributed by atoms with Crippen LogP contribution in [-0.4, -0.2) is 32.8 Å². The van der Waals surface area contributed by atoms with Crippen LogP contribution in [0, 0.1) is 11.6 Å². The highest BCUT2D eigenvalue weighted by Crippen LogP contribution is 2.29. The fraction of sp³-hybridized carbons (Fsp3) is 0.130. The smallest absolute Gasteiger partial charge is 0.406 e. The first-order valence-electron chi connectivity index (χ1n) is 10.4. The van der Waals surface area contributed by atoms with Crippen LogP contribution in [-0.2, 0) is 11.3 Å². The SMILES string of the molecule is CC(=O)Nc1cn2nc(-c3ccc(Cl)c(C(=O)NCc4cc(OC(F)(F)F)ccc4F)c3F)ccc2n1. The molecular weight excluding hydrogens is 525 g/mol. The number of amides is 2. The molecule has 192 valence electrons. The Labute approximate surface area is 210 Å². The molecule has 0 bridgehead atoms. The van der Waals surface area contributed by atoms with E-state index in [0.717, 1.165) is 18.2 Å². The van der Waals surface area contributed by atoms with Gasteiger partial charge in [-0.15, -0.1) is 13.2 Å². The molecule has 2 aromatic carbocycles. The summed E-state index contributed by atoms with van der Waals surface area (Å²) in [6, 6.07) is 7.79. The van der Waals surface area contributed by atoms with Crippen LogP contribution in [0.4, 0.5) is 27.8 Å². The average Bonchev–Trinajstić information content (AvgIpc) is 3.19. The second-order valence-electron chi connectivity index (χ2n) is 7.60. The maximum Gasteiger partial charge on any atom is 0.573 e. The predicted octanol–water partition coefficient (Wildman–Crippen LogP) is 5.11. The van der Waals surface area contributed by atoms with E-state index in [1.165, 1.54) is 41.9 Å². The number of aromatic nitrogens is 3. The molecule has 37 heavy (non-hydrogen) atoms. The molecule has 2 aromatic heterocycles. The van der Waals surface area contributed by atoms with Gasteiger partial charge < -0.3 is 15.4 Å². The second kappa shape index (κ2) is 10.0. The van der Waals surface area contributed by atoms with Crippen LogP contribution in [0.2, 0.25) is 5.02 Å². The monoisotopic (exact) mass is 539 g/mol. The Kier molecular flexibility index (Phi) is 6.99. The summed E-state index contributed by atoms with van der Waals surface area (Å²) in [7, 11) is 0. The Morgan fingerprint density at radius 3 is 2.57 bits per heavy atom. The maximum atomic E-state index is 15.4. The Bertz CT molecular complexity index is 1520. The first kappa shape index (κ1) is 25.8. The van der Waals surface area contributed by atoms with Gasteiger partial charge in [0.05, 0.1) is 22.5 Å². The van der Waals surface area contributed by atoms with Gasteiger partial charge in [-0.05, 0) is 42.5 Å². The molecule has 2 heterocycles. The van der Waals surface area contributed by atoms with E-state index >= 15 is 4.39 Å². The molecule has 0 radical (unpaired) electrons. The third-order valence-electron chi connectivity index (χ3n) is 4.91. The minimum absolute atomic E-state index is 0.0991. The summed E-state index contributed by atoms with van der Waals surface area (Å²) in [5.74, 6) is -3.79. The normalized spacial score (nSPS) is 11.4. The highest BCUT2D eigenvalue weighted by Gasteiger charge is 2.31. The van der Waals surface area contributed by atoms with Crippen molar-refractivity contribution in [1.29, 1.82) is 0 Å². The summed E-state index contributed by atoms with van der Waals surface area (Å²) >= 11 is 6.05.